The molecule has 0 spiro atoms. The van der Waals surface area contributed by atoms with Gasteiger partial charge in [-0.3, -0.25) is 4.90 Å². The first-order chi connectivity index (χ1) is 9.88. The van der Waals surface area contributed by atoms with E-state index < -0.39 is 18.6 Å². The first kappa shape index (κ1) is 19.8. The normalized spacial score (nSPS) is 17.9. The Hall–Kier alpha value is -0.200. The Kier molecular flexibility index (Phi) is 7.75. The topological polar surface area (TPSA) is 15.3 Å². The Balaban J connectivity index is 0.00000242. The lowest BCUT2D eigenvalue weighted by molar-refractivity contribution is -0.138. The van der Waals surface area contributed by atoms with Crippen LogP contribution in [0.25, 0.3) is 0 Å². The predicted octanol–water partition coefficient (Wildman–Crippen LogP) is 4.70. The summed E-state index contributed by atoms with van der Waals surface area (Å²) in [6.45, 7) is 2.88. The van der Waals surface area contributed by atoms with E-state index in [4.69, 9.17) is 23.2 Å². The summed E-state index contributed by atoms with van der Waals surface area (Å²) in [5, 5.41) is 4.04. The third-order valence-corrected chi connectivity index (χ3v) is 4.29. The highest BCUT2D eigenvalue weighted by atomic mass is 35.5. The molecule has 1 fully saturated rings. The Labute approximate surface area is 144 Å². The highest BCUT2D eigenvalue weighted by molar-refractivity contribution is 6.36. The number of benzene rings is 1. The highest BCUT2D eigenvalue weighted by Gasteiger charge is 2.32. The number of piperazine rings is 1. The molecular weight excluding hydrogens is 360 g/mol. The number of nitrogens with zero attached hydrogens (tertiary/aromatic N) is 1. The van der Waals surface area contributed by atoms with Crippen LogP contribution in [-0.2, 0) is 0 Å². The minimum atomic E-state index is -4.18. The number of hydrogen-bond donors (Lipinski definition) is 1. The maximum atomic E-state index is 12.6. The summed E-state index contributed by atoms with van der Waals surface area (Å²) in [7, 11) is 0. The quantitative estimate of drug-likeness (QED) is 0.818. The highest BCUT2D eigenvalue weighted by Crippen LogP contribution is 2.38. The molecule has 0 aliphatic carbocycles. The van der Waals surface area contributed by atoms with E-state index >= 15 is 0 Å². The molecule has 0 radical (unpaired) electrons. The van der Waals surface area contributed by atoms with Crippen LogP contribution in [0.15, 0.2) is 18.2 Å². The molecule has 0 unspecified atom stereocenters. The van der Waals surface area contributed by atoms with Gasteiger partial charge >= 0.3 is 6.18 Å². The zero-order valence-electron chi connectivity index (χ0n) is 11.8. The minimum Gasteiger partial charge on any atom is -0.314 e. The van der Waals surface area contributed by atoms with Crippen molar-refractivity contribution < 1.29 is 13.2 Å². The third-order valence-electron chi connectivity index (χ3n) is 3.63. The molecule has 1 aliphatic rings. The summed E-state index contributed by atoms with van der Waals surface area (Å²) < 4.78 is 37.8. The molecule has 1 N–H and O–H groups in total. The molecule has 1 heterocycles. The van der Waals surface area contributed by atoms with Crippen molar-refractivity contribution in [2.75, 3.05) is 26.2 Å². The fourth-order valence-corrected chi connectivity index (χ4v) is 3.28. The van der Waals surface area contributed by atoms with Crippen molar-refractivity contribution >= 4 is 35.6 Å². The number of rotatable bonds is 4. The zero-order valence-corrected chi connectivity index (χ0v) is 14.1. The Bertz CT molecular complexity index is 457. The fraction of sp³-hybridized carbons (Fsp3) is 0.571. The molecule has 0 amide bonds. The molecule has 1 aliphatic heterocycles. The van der Waals surface area contributed by atoms with E-state index in [1.807, 2.05) is 4.90 Å². The lowest BCUT2D eigenvalue weighted by atomic mass is 9.99. The van der Waals surface area contributed by atoms with Gasteiger partial charge in [-0.2, -0.15) is 13.2 Å². The molecule has 0 saturated carbocycles. The summed E-state index contributed by atoms with van der Waals surface area (Å²) in [5.41, 5.74) is 0.604. The van der Waals surface area contributed by atoms with Crippen molar-refractivity contribution in [1.82, 2.24) is 10.2 Å². The van der Waals surface area contributed by atoms with Crippen LogP contribution in [0.3, 0.4) is 0 Å². The lowest BCUT2D eigenvalue weighted by Crippen LogP contribution is -2.45. The molecule has 1 atom stereocenters. The molecule has 126 valence electrons. The van der Waals surface area contributed by atoms with Crippen LogP contribution in [0.1, 0.15) is 24.4 Å². The number of halogens is 6. The van der Waals surface area contributed by atoms with E-state index in [0.717, 1.165) is 13.1 Å². The monoisotopic (exact) mass is 376 g/mol. The summed E-state index contributed by atoms with van der Waals surface area (Å²) in [5.74, 6) is 0. The second-order valence-electron chi connectivity index (χ2n) is 5.09. The second-order valence-corrected chi connectivity index (χ2v) is 5.91. The van der Waals surface area contributed by atoms with Crippen LogP contribution in [0, 0.1) is 0 Å². The van der Waals surface area contributed by atoms with Crippen molar-refractivity contribution in [3.8, 4) is 0 Å². The van der Waals surface area contributed by atoms with Crippen molar-refractivity contribution in [3.05, 3.63) is 33.8 Å². The maximum absolute atomic E-state index is 12.6. The van der Waals surface area contributed by atoms with E-state index in [1.54, 1.807) is 18.2 Å². The number of nitrogens with one attached hydrogen (secondary N) is 1. The van der Waals surface area contributed by atoms with Gasteiger partial charge in [-0.1, -0.05) is 29.3 Å². The molecule has 8 heteroatoms. The lowest BCUT2D eigenvalue weighted by Gasteiger charge is -2.36. The summed E-state index contributed by atoms with van der Waals surface area (Å²) in [6.07, 6.45) is -5.06. The van der Waals surface area contributed by atoms with E-state index in [-0.39, 0.29) is 18.8 Å². The van der Waals surface area contributed by atoms with Gasteiger partial charge in [0.2, 0.25) is 0 Å². The van der Waals surface area contributed by atoms with E-state index in [9.17, 15) is 13.2 Å². The predicted molar refractivity (Wildman–Crippen MR) is 86.2 cm³/mol. The summed E-state index contributed by atoms with van der Waals surface area (Å²) >= 11 is 12.4. The molecule has 2 nitrogen and oxygen atoms in total. The van der Waals surface area contributed by atoms with Gasteiger partial charge in [0.1, 0.15) is 0 Å². The van der Waals surface area contributed by atoms with E-state index in [0.29, 0.717) is 28.7 Å². The average molecular weight is 378 g/mol. The average Bonchev–Trinajstić information content (AvgIpc) is 2.42. The standard InChI is InChI=1S/C14H17Cl2F3N2.ClH/c15-10-2-1-3-11(16)13(10)12(4-5-14(17,18)19)21-8-6-20-7-9-21;/h1-3,12,20H,4-9H2;1H/t12-;/m0./s1. The molecule has 1 aromatic rings. The van der Waals surface area contributed by atoms with Gasteiger partial charge in [0.25, 0.3) is 0 Å². The van der Waals surface area contributed by atoms with Crippen LogP contribution in [0.4, 0.5) is 13.2 Å². The van der Waals surface area contributed by atoms with Crippen molar-refractivity contribution in [2.45, 2.75) is 25.1 Å². The van der Waals surface area contributed by atoms with Gasteiger partial charge in [0.05, 0.1) is 0 Å². The Morgan fingerprint density at radius 1 is 1.14 bits per heavy atom. The van der Waals surface area contributed by atoms with Crippen molar-refractivity contribution in [2.24, 2.45) is 0 Å². The Morgan fingerprint density at radius 3 is 2.18 bits per heavy atom. The van der Waals surface area contributed by atoms with Gasteiger partial charge in [-0.25, -0.2) is 0 Å². The van der Waals surface area contributed by atoms with Crippen molar-refractivity contribution in [1.29, 1.82) is 0 Å². The van der Waals surface area contributed by atoms with Crippen molar-refractivity contribution in [3.63, 3.8) is 0 Å². The smallest absolute Gasteiger partial charge is 0.314 e. The Morgan fingerprint density at radius 2 is 1.68 bits per heavy atom. The van der Waals surface area contributed by atoms with Gasteiger partial charge in [0.15, 0.2) is 0 Å². The van der Waals surface area contributed by atoms with Gasteiger partial charge in [-0.05, 0) is 18.6 Å². The van der Waals surface area contributed by atoms with Crippen LogP contribution < -0.4 is 5.32 Å². The SMILES string of the molecule is Cl.FC(F)(F)CC[C@@H](c1c(Cl)cccc1Cl)N1CCNCC1. The van der Waals surface area contributed by atoms with Crippen LogP contribution in [-0.4, -0.2) is 37.3 Å². The number of alkyl halides is 3. The second kappa shape index (κ2) is 8.60. The largest absolute Gasteiger partial charge is 0.389 e. The third kappa shape index (κ3) is 5.46. The number of hydrogen-bond acceptors (Lipinski definition) is 2. The molecule has 0 bridgehead atoms. The minimum absolute atomic E-state index is 0. The van der Waals surface area contributed by atoms with Crippen LogP contribution >= 0.6 is 35.6 Å². The maximum Gasteiger partial charge on any atom is 0.389 e. The molecule has 1 saturated heterocycles. The van der Waals surface area contributed by atoms with Crippen LogP contribution in [0.2, 0.25) is 10.0 Å². The molecule has 1 aromatic carbocycles. The zero-order chi connectivity index (χ0) is 15.5. The molecular formula is C14H18Cl3F3N2. The van der Waals surface area contributed by atoms with Crippen LogP contribution in [0.5, 0.6) is 0 Å². The van der Waals surface area contributed by atoms with Gasteiger partial charge in [0, 0.05) is 54.3 Å². The first-order valence-electron chi connectivity index (χ1n) is 6.84. The summed E-state index contributed by atoms with van der Waals surface area (Å²) in [6, 6.07) is 4.64. The fourth-order valence-electron chi connectivity index (χ4n) is 2.63. The van der Waals surface area contributed by atoms with Gasteiger partial charge < -0.3 is 5.32 Å². The molecule has 0 aromatic heterocycles. The van der Waals surface area contributed by atoms with Gasteiger partial charge in [-0.15, -0.1) is 12.4 Å². The first-order valence-corrected chi connectivity index (χ1v) is 7.59. The van der Waals surface area contributed by atoms with E-state index in [1.165, 1.54) is 0 Å². The molecule has 22 heavy (non-hydrogen) atoms. The molecule has 2 rings (SSSR count). The summed E-state index contributed by atoms with van der Waals surface area (Å²) in [4.78, 5) is 2.02. The van der Waals surface area contributed by atoms with E-state index in [2.05, 4.69) is 5.32 Å².